The molecule has 0 saturated carbocycles. The molecule has 17 heavy (non-hydrogen) atoms. The highest BCUT2D eigenvalue weighted by Crippen LogP contribution is 2.20. The van der Waals surface area contributed by atoms with Crippen LogP contribution in [0.2, 0.25) is 0 Å². The van der Waals surface area contributed by atoms with Gasteiger partial charge in [-0.2, -0.15) is 0 Å². The minimum Gasteiger partial charge on any atom is -0.479 e. The zero-order valence-electron chi connectivity index (χ0n) is 10.8. The fourth-order valence-electron chi connectivity index (χ4n) is 1.06. The van der Waals surface area contributed by atoms with E-state index in [4.69, 9.17) is 9.84 Å². The van der Waals surface area contributed by atoms with E-state index < -0.39 is 18.9 Å². The van der Waals surface area contributed by atoms with E-state index >= 15 is 0 Å². The van der Waals surface area contributed by atoms with Gasteiger partial charge in [0.25, 0.3) is 0 Å². The number of ether oxygens (including phenoxy) is 1. The summed E-state index contributed by atoms with van der Waals surface area (Å²) in [6.45, 7) is 7.37. The molecule has 0 aliphatic carbocycles. The van der Waals surface area contributed by atoms with E-state index in [-0.39, 0.29) is 11.8 Å². The van der Waals surface area contributed by atoms with Crippen molar-refractivity contribution in [1.82, 2.24) is 0 Å². The molecule has 0 fully saturated rings. The van der Waals surface area contributed by atoms with Gasteiger partial charge in [0, 0.05) is 18.4 Å². The molecule has 0 spiro atoms. The summed E-state index contributed by atoms with van der Waals surface area (Å²) in [5.74, 6) is -1.09. The Bertz CT molecular complexity index is 270. The SMILES string of the molecule is CCOC(O)C/C(=N\OCC(=O)O)C(C)(C)C. The summed E-state index contributed by atoms with van der Waals surface area (Å²) in [5, 5.41) is 21.7. The molecule has 0 amide bonds. The van der Waals surface area contributed by atoms with Crippen LogP contribution in [0.25, 0.3) is 0 Å². The van der Waals surface area contributed by atoms with Gasteiger partial charge in [0.15, 0.2) is 6.29 Å². The first-order chi connectivity index (χ1) is 7.77. The summed E-state index contributed by atoms with van der Waals surface area (Å²) in [7, 11) is 0. The lowest BCUT2D eigenvalue weighted by atomic mass is 9.88. The van der Waals surface area contributed by atoms with Gasteiger partial charge in [0.1, 0.15) is 0 Å². The van der Waals surface area contributed by atoms with Crippen LogP contribution in [0.15, 0.2) is 5.16 Å². The fourth-order valence-corrected chi connectivity index (χ4v) is 1.06. The second-order valence-electron chi connectivity index (χ2n) is 4.57. The van der Waals surface area contributed by atoms with Crippen molar-refractivity contribution in [3.8, 4) is 0 Å². The highest BCUT2D eigenvalue weighted by atomic mass is 16.6. The van der Waals surface area contributed by atoms with Crippen LogP contribution in [0, 0.1) is 5.41 Å². The fraction of sp³-hybridized carbons (Fsp3) is 0.818. The van der Waals surface area contributed by atoms with Gasteiger partial charge in [0.05, 0.1) is 5.71 Å². The maximum atomic E-state index is 10.3. The normalized spacial score (nSPS) is 14.5. The van der Waals surface area contributed by atoms with E-state index in [1.54, 1.807) is 6.92 Å². The zero-order chi connectivity index (χ0) is 13.5. The molecule has 6 nitrogen and oxygen atoms in total. The number of carbonyl (C=O) groups is 1. The molecule has 0 aromatic heterocycles. The number of aliphatic hydroxyl groups is 1. The molecule has 0 bridgehead atoms. The Kier molecular flexibility index (Phi) is 6.75. The Morgan fingerprint density at radius 1 is 1.41 bits per heavy atom. The van der Waals surface area contributed by atoms with Gasteiger partial charge >= 0.3 is 5.97 Å². The summed E-state index contributed by atoms with van der Waals surface area (Å²) in [4.78, 5) is 15.0. The molecular weight excluding hydrogens is 226 g/mol. The van der Waals surface area contributed by atoms with Crippen LogP contribution in [0.5, 0.6) is 0 Å². The first-order valence-electron chi connectivity index (χ1n) is 5.48. The molecule has 0 aromatic carbocycles. The number of aliphatic carboxylic acids is 1. The van der Waals surface area contributed by atoms with E-state index in [9.17, 15) is 9.90 Å². The third kappa shape index (κ3) is 7.70. The predicted octanol–water partition coefficient (Wildman–Crippen LogP) is 1.23. The summed E-state index contributed by atoms with van der Waals surface area (Å²) in [5.41, 5.74) is 0.232. The second-order valence-corrected chi connectivity index (χ2v) is 4.57. The first-order valence-corrected chi connectivity index (χ1v) is 5.48. The zero-order valence-corrected chi connectivity index (χ0v) is 10.8. The third-order valence-corrected chi connectivity index (χ3v) is 1.96. The minimum atomic E-state index is -1.09. The molecule has 0 heterocycles. The van der Waals surface area contributed by atoms with Crippen LogP contribution in [-0.2, 0) is 14.4 Å². The molecule has 1 atom stereocenters. The molecule has 0 aromatic rings. The number of aliphatic hydroxyl groups excluding tert-OH is 1. The van der Waals surface area contributed by atoms with E-state index in [1.165, 1.54) is 0 Å². The number of rotatable bonds is 7. The quantitative estimate of drug-likeness (QED) is 0.401. The first kappa shape index (κ1) is 15.9. The van der Waals surface area contributed by atoms with Gasteiger partial charge in [-0.25, -0.2) is 4.79 Å². The van der Waals surface area contributed by atoms with Crippen LogP contribution in [0.4, 0.5) is 0 Å². The predicted molar refractivity (Wildman–Crippen MR) is 62.7 cm³/mol. The highest BCUT2D eigenvalue weighted by Gasteiger charge is 2.23. The number of hydrogen-bond donors (Lipinski definition) is 2. The number of carboxylic acids is 1. The van der Waals surface area contributed by atoms with Crippen LogP contribution < -0.4 is 0 Å². The Labute approximate surface area is 101 Å². The number of hydrogen-bond acceptors (Lipinski definition) is 5. The van der Waals surface area contributed by atoms with Crippen molar-refractivity contribution in [1.29, 1.82) is 0 Å². The molecule has 6 heteroatoms. The van der Waals surface area contributed by atoms with Crippen molar-refractivity contribution in [2.75, 3.05) is 13.2 Å². The summed E-state index contributed by atoms with van der Waals surface area (Å²) in [6, 6.07) is 0. The highest BCUT2D eigenvalue weighted by molar-refractivity contribution is 5.89. The van der Waals surface area contributed by atoms with Gasteiger partial charge in [-0.3, -0.25) is 0 Å². The Hall–Kier alpha value is -1.14. The van der Waals surface area contributed by atoms with Crippen molar-refractivity contribution in [2.45, 2.75) is 40.4 Å². The van der Waals surface area contributed by atoms with Gasteiger partial charge in [-0.1, -0.05) is 25.9 Å². The average molecular weight is 247 g/mol. The number of carboxylic acid groups (broad SMARTS) is 1. The maximum absolute atomic E-state index is 10.3. The largest absolute Gasteiger partial charge is 0.479 e. The molecule has 0 aliphatic heterocycles. The molecule has 0 aliphatic rings. The molecule has 0 radical (unpaired) electrons. The summed E-state index contributed by atoms with van der Waals surface area (Å²) >= 11 is 0. The van der Waals surface area contributed by atoms with E-state index in [0.717, 1.165) is 0 Å². The molecule has 1 unspecified atom stereocenters. The number of nitrogens with zero attached hydrogens (tertiary/aromatic N) is 1. The Morgan fingerprint density at radius 2 is 2.00 bits per heavy atom. The second kappa shape index (κ2) is 7.24. The van der Waals surface area contributed by atoms with Gasteiger partial charge in [0.2, 0.25) is 6.61 Å². The smallest absolute Gasteiger partial charge is 0.344 e. The average Bonchev–Trinajstić information content (AvgIpc) is 2.14. The maximum Gasteiger partial charge on any atom is 0.344 e. The molecular formula is C11H21NO5. The van der Waals surface area contributed by atoms with Crippen molar-refractivity contribution >= 4 is 11.7 Å². The number of oxime groups is 1. The summed E-state index contributed by atoms with van der Waals surface area (Å²) < 4.78 is 5.00. The topological polar surface area (TPSA) is 88.4 Å². The van der Waals surface area contributed by atoms with Crippen molar-refractivity contribution in [3.05, 3.63) is 0 Å². The lowest BCUT2D eigenvalue weighted by Crippen LogP contribution is -2.27. The Morgan fingerprint density at radius 3 is 2.41 bits per heavy atom. The standard InChI is InChI=1S/C11H21NO5/c1-5-16-10(15)6-8(11(2,3)4)12-17-7-9(13)14/h10,15H,5-7H2,1-4H3,(H,13,14)/b12-8+. The molecule has 2 N–H and O–H groups in total. The van der Waals surface area contributed by atoms with Gasteiger partial charge < -0.3 is 19.8 Å². The van der Waals surface area contributed by atoms with Crippen molar-refractivity contribution in [3.63, 3.8) is 0 Å². The van der Waals surface area contributed by atoms with Crippen LogP contribution >= 0.6 is 0 Å². The van der Waals surface area contributed by atoms with E-state index in [1.807, 2.05) is 20.8 Å². The Balaban J connectivity index is 4.49. The van der Waals surface area contributed by atoms with E-state index in [2.05, 4.69) is 9.99 Å². The van der Waals surface area contributed by atoms with Crippen LogP contribution in [-0.4, -0.2) is 41.4 Å². The lowest BCUT2D eigenvalue weighted by molar-refractivity contribution is -0.142. The third-order valence-electron chi connectivity index (χ3n) is 1.96. The minimum absolute atomic E-state index is 0.191. The van der Waals surface area contributed by atoms with Crippen molar-refractivity contribution < 1.29 is 24.6 Å². The lowest BCUT2D eigenvalue weighted by Gasteiger charge is -2.22. The van der Waals surface area contributed by atoms with E-state index in [0.29, 0.717) is 12.3 Å². The monoisotopic (exact) mass is 247 g/mol. The summed E-state index contributed by atoms with van der Waals surface area (Å²) in [6.07, 6.45) is -0.761. The van der Waals surface area contributed by atoms with Crippen molar-refractivity contribution in [2.24, 2.45) is 10.6 Å². The molecule has 0 rings (SSSR count). The van der Waals surface area contributed by atoms with Gasteiger partial charge in [-0.05, 0) is 6.92 Å². The molecule has 0 saturated heterocycles. The van der Waals surface area contributed by atoms with Crippen LogP contribution in [0.3, 0.4) is 0 Å². The van der Waals surface area contributed by atoms with Gasteiger partial charge in [-0.15, -0.1) is 0 Å². The van der Waals surface area contributed by atoms with Crippen LogP contribution in [0.1, 0.15) is 34.1 Å². The molecule has 100 valence electrons.